The Bertz CT molecular complexity index is 897. The molecule has 2 aromatic carbocycles. The van der Waals surface area contributed by atoms with Gasteiger partial charge in [0.2, 0.25) is 0 Å². The number of thiazole rings is 1. The largest absolute Gasteiger partial charge is 0.478 e. The molecule has 3 nitrogen and oxygen atoms in total. The highest BCUT2D eigenvalue weighted by molar-refractivity contribution is 9.10. The minimum absolute atomic E-state index is 0.0618. The van der Waals surface area contributed by atoms with Crippen molar-refractivity contribution in [2.45, 2.75) is 6.42 Å². The van der Waals surface area contributed by atoms with Crippen LogP contribution in [0.15, 0.2) is 34.2 Å². The van der Waals surface area contributed by atoms with E-state index in [1.165, 1.54) is 22.9 Å². The highest BCUT2D eigenvalue weighted by atomic mass is 79.9. The van der Waals surface area contributed by atoms with E-state index in [-0.39, 0.29) is 23.1 Å². The first-order valence-corrected chi connectivity index (χ1v) is 8.24. The number of rotatable bonds is 3. The van der Waals surface area contributed by atoms with E-state index in [2.05, 4.69) is 20.9 Å². The van der Waals surface area contributed by atoms with Crippen molar-refractivity contribution in [1.82, 2.24) is 4.98 Å². The molecule has 0 bridgehead atoms. The molecule has 7 heteroatoms. The van der Waals surface area contributed by atoms with Gasteiger partial charge >= 0.3 is 5.97 Å². The Kier molecular flexibility index (Phi) is 4.16. The van der Waals surface area contributed by atoms with Gasteiger partial charge in [0.1, 0.15) is 5.52 Å². The lowest BCUT2D eigenvalue weighted by molar-refractivity contribution is 0.0695. The van der Waals surface area contributed by atoms with Crippen molar-refractivity contribution in [2.75, 3.05) is 0 Å². The standard InChI is InChI=1S/C15H8BrClFNO2S/c16-8-2-1-7(11(17)4-8)3-9-10(15(20)21)5-12-14(13(9)18)19-6-22-12/h1-2,4-6H,3H2,(H,20,21). The third-order valence-electron chi connectivity index (χ3n) is 3.28. The quantitative estimate of drug-likeness (QED) is 0.662. The van der Waals surface area contributed by atoms with Gasteiger partial charge in [-0.25, -0.2) is 14.2 Å². The van der Waals surface area contributed by atoms with E-state index in [9.17, 15) is 14.3 Å². The molecule has 3 aromatic rings. The van der Waals surface area contributed by atoms with Crippen LogP contribution in [-0.2, 0) is 6.42 Å². The zero-order valence-corrected chi connectivity index (χ0v) is 14.1. The van der Waals surface area contributed by atoms with E-state index in [0.29, 0.717) is 15.3 Å². The van der Waals surface area contributed by atoms with Gasteiger partial charge in [0.05, 0.1) is 15.8 Å². The number of aromatic carboxylic acids is 1. The Morgan fingerprint density at radius 2 is 2.18 bits per heavy atom. The zero-order chi connectivity index (χ0) is 15.9. The fourth-order valence-corrected chi connectivity index (χ4v) is 3.67. The Morgan fingerprint density at radius 1 is 1.41 bits per heavy atom. The summed E-state index contributed by atoms with van der Waals surface area (Å²) in [6, 6.07) is 6.67. The third kappa shape index (κ3) is 2.74. The number of carbonyl (C=O) groups is 1. The molecule has 0 saturated heterocycles. The minimum atomic E-state index is -1.17. The van der Waals surface area contributed by atoms with E-state index < -0.39 is 11.8 Å². The predicted octanol–water partition coefficient (Wildman–Crippen LogP) is 5.14. The second-order valence-corrected chi connectivity index (χ2v) is 6.84. The lowest BCUT2D eigenvalue weighted by Crippen LogP contribution is -2.06. The van der Waals surface area contributed by atoms with E-state index >= 15 is 0 Å². The van der Waals surface area contributed by atoms with Crippen LogP contribution in [0, 0.1) is 5.82 Å². The smallest absolute Gasteiger partial charge is 0.336 e. The molecule has 0 aliphatic carbocycles. The fraction of sp³-hybridized carbons (Fsp3) is 0.0667. The van der Waals surface area contributed by atoms with Crippen molar-refractivity contribution in [2.24, 2.45) is 0 Å². The lowest BCUT2D eigenvalue weighted by Gasteiger charge is -2.10. The molecule has 0 aliphatic heterocycles. The molecule has 0 aliphatic rings. The lowest BCUT2D eigenvalue weighted by atomic mass is 9.98. The molecule has 0 radical (unpaired) electrons. The molecule has 0 fully saturated rings. The molecule has 1 heterocycles. The second-order valence-electron chi connectivity index (χ2n) is 4.63. The monoisotopic (exact) mass is 399 g/mol. The molecule has 0 amide bonds. The maximum atomic E-state index is 14.6. The van der Waals surface area contributed by atoms with Crippen LogP contribution in [0.25, 0.3) is 10.2 Å². The summed E-state index contributed by atoms with van der Waals surface area (Å²) in [7, 11) is 0. The number of benzene rings is 2. The van der Waals surface area contributed by atoms with Crippen LogP contribution in [0.5, 0.6) is 0 Å². The number of carboxylic acid groups (broad SMARTS) is 1. The molecule has 1 N–H and O–H groups in total. The number of fused-ring (bicyclic) bond motifs is 1. The van der Waals surface area contributed by atoms with Crippen molar-refractivity contribution in [3.8, 4) is 0 Å². The molecule has 0 unspecified atom stereocenters. The van der Waals surface area contributed by atoms with Gasteiger partial charge < -0.3 is 5.11 Å². The van der Waals surface area contributed by atoms with Gasteiger partial charge in [-0.05, 0) is 23.8 Å². The van der Waals surface area contributed by atoms with Gasteiger partial charge in [-0.2, -0.15) is 0 Å². The van der Waals surface area contributed by atoms with E-state index in [1.807, 2.05) is 0 Å². The first kappa shape index (κ1) is 15.4. The van der Waals surface area contributed by atoms with Gasteiger partial charge in [0.15, 0.2) is 5.82 Å². The van der Waals surface area contributed by atoms with Crippen molar-refractivity contribution >= 4 is 55.1 Å². The number of nitrogens with zero attached hydrogens (tertiary/aromatic N) is 1. The highest BCUT2D eigenvalue weighted by Gasteiger charge is 2.20. The summed E-state index contributed by atoms with van der Waals surface area (Å²) in [6.07, 6.45) is 0.0903. The van der Waals surface area contributed by atoms with Crippen molar-refractivity contribution in [3.05, 3.63) is 61.8 Å². The van der Waals surface area contributed by atoms with Crippen LogP contribution in [-0.4, -0.2) is 16.1 Å². The fourth-order valence-electron chi connectivity index (χ4n) is 2.22. The highest BCUT2D eigenvalue weighted by Crippen LogP contribution is 2.31. The van der Waals surface area contributed by atoms with Crippen LogP contribution in [0.4, 0.5) is 4.39 Å². The van der Waals surface area contributed by atoms with Gasteiger partial charge in [-0.15, -0.1) is 11.3 Å². The summed E-state index contributed by atoms with van der Waals surface area (Å²) in [4.78, 5) is 15.4. The maximum absolute atomic E-state index is 14.6. The SMILES string of the molecule is O=C(O)c1cc2scnc2c(F)c1Cc1ccc(Br)cc1Cl. The number of aromatic nitrogens is 1. The van der Waals surface area contributed by atoms with E-state index in [1.54, 1.807) is 18.2 Å². The van der Waals surface area contributed by atoms with Gasteiger partial charge in [0.25, 0.3) is 0 Å². The summed E-state index contributed by atoms with van der Waals surface area (Å²) in [5, 5.41) is 9.80. The molecular formula is C15H8BrClFNO2S. The van der Waals surface area contributed by atoms with Crippen LogP contribution in [0.2, 0.25) is 5.02 Å². The topological polar surface area (TPSA) is 50.2 Å². The van der Waals surface area contributed by atoms with Crippen molar-refractivity contribution in [1.29, 1.82) is 0 Å². The van der Waals surface area contributed by atoms with Crippen LogP contribution in [0.3, 0.4) is 0 Å². The normalized spacial score (nSPS) is 11.0. The summed E-state index contributed by atoms with van der Waals surface area (Å²) in [6.45, 7) is 0. The average molecular weight is 401 g/mol. The number of hydrogen-bond acceptors (Lipinski definition) is 3. The average Bonchev–Trinajstić information content (AvgIpc) is 2.92. The Labute approximate surface area is 142 Å². The van der Waals surface area contributed by atoms with E-state index in [0.717, 1.165) is 4.47 Å². The number of halogens is 3. The summed E-state index contributed by atoms with van der Waals surface area (Å²) in [5.41, 5.74) is 2.37. The third-order valence-corrected chi connectivity index (χ3v) is 4.90. The van der Waals surface area contributed by atoms with E-state index in [4.69, 9.17) is 11.6 Å². The van der Waals surface area contributed by atoms with Crippen LogP contribution < -0.4 is 0 Å². The number of carboxylic acids is 1. The summed E-state index contributed by atoms with van der Waals surface area (Å²) in [5.74, 6) is -1.77. The molecule has 0 spiro atoms. The van der Waals surface area contributed by atoms with Gasteiger partial charge in [0, 0.05) is 21.5 Å². The first-order valence-electron chi connectivity index (χ1n) is 6.19. The maximum Gasteiger partial charge on any atom is 0.336 e. The molecular weight excluding hydrogens is 393 g/mol. The molecule has 0 saturated carbocycles. The molecule has 3 rings (SSSR count). The summed E-state index contributed by atoms with van der Waals surface area (Å²) < 4.78 is 16.0. The van der Waals surface area contributed by atoms with Gasteiger partial charge in [-0.3, -0.25) is 0 Å². The second kappa shape index (κ2) is 5.95. The molecule has 1 aromatic heterocycles. The first-order chi connectivity index (χ1) is 10.5. The van der Waals surface area contributed by atoms with Crippen molar-refractivity contribution in [3.63, 3.8) is 0 Å². The summed E-state index contributed by atoms with van der Waals surface area (Å²) >= 11 is 10.7. The Balaban J connectivity index is 2.18. The van der Waals surface area contributed by atoms with Gasteiger partial charge in [-0.1, -0.05) is 33.6 Å². The zero-order valence-electron chi connectivity index (χ0n) is 10.9. The Morgan fingerprint density at radius 3 is 2.86 bits per heavy atom. The predicted molar refractivity (Wildman–Crippen MR) is 88.5 cm³/mol. The van der Waals surface area contributed by atoms with Crippen molar-refractivity contribution < 1.29 is 14.3 Å². The molecule has 0 atom stereocenters. The Hall–Kier alpha value is -1.50. The molecule has 22 heavy (non-hydrogen) atoms. The number of hydrogen-bond donors (Lipinski definition) is 1. The minimum Gasteiger partial charge on any atom is -0.478 e. The van der Waals surface area contributed by atoms with Crippen LogP contribution >= 0.6 is 38.9 Å². The van der Waals surface area contributed by atoms with Crippen LogP contribution in [0.1, 0.15) is 21.5 Å². The molecule has 112 valence electrons.